The van der Waals surface area contributed by atoms with Crippen LogP contribution >= 0.6 is 0 Å². The van der Waals surface area contributed by atoms with E-state index in [4.69, 9.17) is 0 Å². The van der Waals surface area contributed by atoms with Crippen molar-refractivity contribution in [2.24, 2.45) is 11.3 Å². The van der Waals surface area contributed by atoms with Crippen molar-refractivity contribution in [2.45, 2.75) is 46.0 Å². The Hall–Kier alpha value is -0.590. The van der Waals surface area contributed by atoms with E-state index in [2.05, 4.69) is 19.9 Å². The van der Waals surface area contributed by atoms with Crippen LogP contribution in [0, 0.1) is 11.3 Å². The van der Waals surface area contributed by atoms with Crippen molar-refractivity contribution in [3.05, 3.63) is 11.6 Å². The predicted octanol–water partition coefficient (Wildman–Crippen LogP) is 3.10. The lowest BCUT2D eigenvalue weighted by Gasteiger charge is -2.40. The van der Waals surface area contributed by atoms with Crippen LogP contribution < -0.4 is 0 Å². The fourth-order valence-corrected chi connectivity index (χ4v) is 2.61. The molecule has 1 heteroatoms. The van der Waals surface area contributed by atoms with Gasteiger partial charge in [0.25, 0.3) is 0 Å². The average molecular weight is 178 g/mol. The zero-order valence-corrected chi connectivity index (χ0v) is 8.60. The molecule has 0 bridgehead atoms. The molecule has 0 aromatic rings. The SMILES string of the molecule is CC1C=C2CC(=O)CCC2(C)CC1. The minimum absolute atomic E-state index is 0.375. The van der Waals surface area contributed by atoms with Gasteiger partial charge in [0.15, 0.2) is 0 Å². The second kappa shape index (κ2) is 2.97. The van der Waals surface area contributed by atoms with E-state index in [1.54, 1.807) is 0 Å². The maximum atomic E-state index is 11.3. The van der Waals surface area contributed by atoms with Gasteiger partial charge >= 0.3 is 0 Å². The van der Waals surface area contributed by atoms with Gasteiger partial charge in [-0.1, -0.05) is 25.5 Å². The highest BCUT2D eigenvalue weighted by molar-refractivity contribution is 5.82. The number of allylic oxidation sites excluding steroid dienone is 2. The number of hydrogen-bond acceptors (Lipinski definition) is 1. The lowest BCUT2D eigenvalue weighted by Crippen LogP contribution is -2.30. The van der Waals surface area contributed by atoms with Crippen LogP contribution in [0.25, 0.3) is 0 Å². The summed E-state index contributed by atoms with van der Waals surface area (Å²) in [4.78, 5) is 11.3. The quantitative estimate of drug-likeness (QED) is 0.521. The van der Waals surface area contributed by atoms with Crippen LogP contribution in [0.5, 0.6) is 0 Å². The molecule has 13 heavy (non-hydrogen) atoms. The summed E-state index contributed by atoms with van der Waals surface area (Å²) >= 11 is 0. The number of fused-ring (bicyclic) bond motifs is 1. The molecule has 2 aliphatic rings. The Morgan fingerprint density at radius 1 is 1.46 bits per heavy atom. The van der Waals surface area contributed by atoms with Crippen LogP contribution in [0.15, 0.2) is 11.6 Å². The van der Waals surface area contributed by atoms with E-state index in [9.17, 15) is 4.79 Å². The van der Waals surface area contributed by atoms with Crippen LogP contribution in [0.3, 0.4) is 0 Å². The molecule has 2 unspecified atom stereocenters. The molecule has 2 atom stereocenters. The fraction of sp³-hybridized carbons (Fsp3) is 0.750. The van der Waals surface area contributed by atoms with Gasteiger partial charge in [-0.05, 0) is 30.6 Å². The minimum Gasteiger partial charge on any atom is -0.299 e. The molecule has 1 nitrogen and oxygen atoms in total. The Morgan fingerprint density at radius 2 is 2.23 bits per heavy atom. The summed E-state index contributed by atoms with van der Waals surface area (Å²) in [6, 6.07) is 0. The summed E-state index contributed by atoms with van der Waals surface area (Å²) in [7, 11) is 0. The number of hydrogen-bond donors (Lipinski definition) is 0. The molecule has 0 aromatic heterocycles. The van der Waals surface area contributed by atoms with E-state index in [0.29, 0.717) is 17.1 Å². The predicted molar refractivity (Wildman–Crippen MR) is 53.4 cm³/mol. The maximum absolute atomic E-state index is 11.3. The smallest absolute Gasteiger partial charge is 0.136 e. The molecule has 2 aliphatic carbocycles. The van der Waals surface area contributed by atoms with Crippen molar-refractivity contribution in [3.8, 4) is 0 Å². The molecule has 1 fully saturated rings. The number of Topliss-reactive ketones (excluding diaryl/α,β-unsaturated/α-hetero) is 1. The third-order valence-corrected chi connectivity index (χ3v) is 3.76. The Kier molecular flexibility index (Phi) is 2.05. The number of carbonyl (C=O) groups is 1. The lowest BCUT2D eigenvalue weighted by atomic mass is 9.64. The van der Waals surface area contributed by atoms with Gasteiger partial charge in [0.05, 0.1) is 0 Å². The van der Waals surface area contributed by atoms with Crippen molar-refractivity contribution in [1.29, 1.82) is 0 Å². The van der Waals surface area contributed by atoms with Crippen molar-refractivity contribution in [3.63, 3.8) is 0 Å². The van der Waals surface area contributed by atoms with Gasteiger partial charge in [0, 0.05) is 12.8 Å². The third-order valence-electron chi connectivity index (χ3n) is 3.76. The molecule has 0 heterocycles. The minimum atomic E-state index is 0.375. The molecule has 72 valence electrons. The molecular weight excluding hydrogens is 160 g/mol. The molecule has 0 aliphatic heterocycles. The summed E-state index contributed by atoms with van der Waals surface area (Å²) in [5.41, 5.74) is 1.81. The van der Waals surface area contributed by atoms with Gasteiger partial charge < -0.3 is 0 Å². The molecule has 0 aromatic carbocycles. The Labute approximate surface area is 80.2 Å². The highest BCUT2D eigenvalue weighted by Gasteiger charge is 2.36. The van der Waals surface area contributed by atoms with E-state index in [0.717, 1.165) is 19.3 Å². The lowest BCUT2D eigenvalue weighted by molar-refractivity contribution is -0.120. The molecule has 0 N–H and O–H groups in total. The molecule has 1 saturated carbocycles. The summed E-state index contributed by atoms with van der Waals surface area (Å²) in [6.07, 6.45) is 7.56. The van der Waals surface area contributed by atoms with Crippen LogP contribution in [0.2, 0.25) is 0 Å². The first kappa shape index (κ1) is 8.98. The van der Waals surface area contributed by atoms with Crippen molar-refractivity contribution < 1.29 is 4.79 Å². The van der Waals surface area contributed by atoms with Gasteiger partial charge in [-0.2, -0.15) is 0 Å². The van der Waals surface area contributed by atoms with Crippen LogP contribution in [-0.2, 0) is 4.79 Å². The molecular formula is C12H18O. The zero-order chi connectivity index (χ0) is 9.47. The van der Waals surface area contributed by atoms with Crippen molar-refractivity contribution in [1.82, 2.24) is 0 Å². The fourth-order valence-electron chi connectivity index (χ4n) is 2.61. The Balaban J connectivity index is 2.27. The number of rotatable bonds is 0. The Bertz CT molecular complexity index is 264. The monoisotopic (exact) mass is 178 g/mol. The van der Waals surface area contributed by atoms with E-state index >= 15 is 0 Å². The first-order valence-electron chi connectivity index (χ1n) is 5.33. The van der Waals surface area contributed by atoms with E-state index in [1.807, 2.05) is 0 Å². The normalized spacial score (nSPS) is 39.7. The summed E-state index contributed by atoms with van der Waals surface area (Å²) < 4.78 is 0. The van der Waals surface area contributed by atoms with Crippen LogP contribution in [0.4, 0.5) is 0 Å². The molecule has 0 spiro atoms. The molecule has 0 saturated heterocycles. The first-order chi connectivity index (χ1) is 6.10. The summed E-state index contributed by atoms with van der Waals surface area (Å²) in [5, 5.41) is 0. The van der Waals surface area contributed by atoms with Crippen LogP contribution in [-0.4, -0.2) is 5.78 Å². The molecule has 0 amide bonds. The molecule has 2 rings (SSSR count). The summed E-state index contributed by atoms with van der Waals surface area (Å²) in [5.74, 6) is 1.13. The zero-order valence-electron chi connectivity index (χ0n) is 8.60. The van der Waals surface area contributed by atoms with Crippen molar-refractivity contribution >= 4 is 5.78 Å². The standard InChI is InChI=1S/C12H18O/c1-9-3-5-12(2)6-4-11(13)8-10(12)7-9/h7,9H,3-6,8H2,1-2H3. The van der Waals surface area contributed by atoms with Gasteiger partial charge in [-0.15, -0.1) is 0 Å². The van der Waals surface area contributed by atoms with E-state index in [-0.39, 0.29) is 0 Å². The van der Waals surface area contributed by atoms with Crippen LogP contribution in [0.1, 0.15) is 46.0 Å². The first-order valence-corrected chi connectivity index (χ1v) is 5.33. The average Bonchev–Trinajstić information content (AvgIpc) is 2.08. The molecule has 0 radical (unpaired) electrons. The van der Waals surface area contributed by atoms with Crippen molar-refractivity contribution in [2.75, 3.05) is 0 Å². The van der Waals surface area contributed by atoms with Gasteiger partial charge in [0.1, 0.15) is 5.78 Å². The second-order valence-electron chi connectivity index (χ2n) is 4.98. The largest absolute Gasteiger partial charge is 0.299 e. The van der Waals surface area contributed by atoms with E-state index < -0.39 is 0 Å². The third kappa shape index (κ3) is 1.56. The van der Waals surface area contributed by atoms with Gasteiger partial charge in [0.2, 0.25) is 0 Å². The summed E-state index contributed by atoms with van der Waals surface area (Å²) in [6.45, 7) is 4.59. The highest BCUT2D eigenvalue weighted by Crippen LogP contribution is 2.47. The Morgan fingerprint density at radius 3 is 3.00 bits per heavy atom. The second-order valence-corrected chi connectivity index (χ2v) is 4.98. The highest BCUT2D eigenvalue weighted by atomic mass is 16.1. The van der Waals surface area contributed by atoms with Gasteiger partial charge in [-0.25, -0.2) is 0 Å². The number of ketones is 1. The van der Waals surface area contributed by atoms with Gasteiger partial charge in [-0.3, -0.25) is 4.79 Å². The topological polar surface area (TPSA) is 17.1 Å². The maximum Gasteiger partial charge on any atom is 0.136 e. The number of carbonyl (C=O) groups excluding carboxylic acids is 1. The van der Waals surface area contributed by atoms with E-state index in [1.165, 1.54) is 18.4 Å².